The van der Waals surface area contributed by atoms with E-state index in [1.54, 1.807) is 0 Å². The zero-order valence-electron chi connectivity index (χ0n) is 28.3. The molecule has 8 nitrogen and oxygen atoms in total. The highest BCUT2D eigenvalue weighted by atomic mass is 16.5. The standard InChI is InChI=1S/C21H40O4.C15H30O4/c1-2-3-4-5-6-7-8-9-10-11-12-13-14-15-16-17-21(24)25-19-20(23)18-22;16-13-14(17)11-9-7-5-3-1-2-4-6-8-10-12-15(18)19/h9-10,20,22-23H,2-8,11-19H2,1H3;14,16-17H,1-13H2,(H,18,19)/b10-9-;. The molecule has 0 aromatic heterocycles. The lowest BCUT2D eigenvalue weighted by Crippen LogP contribution is -2.21. The van der Waals surface area contributed by atoms with Crippen molar-refractivity contribution in [3.05, 3.63) is 12.2 Å². The van der Waals surface area contributed by atoms with E-state index in [2.05, 4.69) is 19.1 Å². The fraction of sp³-hybridized carbons (Fsp3) is 0.889. The monoisotopic (exact) mass is 631 g/mol. The van der Waals surface area contributed by atoms with Crippen molar-refractivity contribution in [2.75, 3.05) is 19.8 Å². The van der Waals surface area contributed by atoms with E-state index >= 15 is 0 Å². The summed E-state index contributed by atoms with van der Waals surface area (Å²) in [5.74, 6) is -0.976. The van der Waals surface area contributed by atoms with Gasteiger partial charge in [0.05, 0.1) is 19.3 Å². The molecule has 0 aromatic carbocycles. The Morgan fingerprint density at radius 2 is 0.977 bits per heavy atom. The normalized spacial score (nSPS) is 12.6. The van der Waals surface area contributed by atoms with Gasteiger partial charge in [-0.3, -0.25) is 9.59 Å². The number of carbonyl (C=O) groups excluding carboxylic acids is 1. The molecule has 0 saturated heterocycles. The van der Waals surface area contributed by atoms with Gasteiger partial charge in [0.1, 0.15) is 12.7 Å². The molecule has 0 spiro atoms. The first-order valence-corrected chi connectivity index (χ1v) is 18.0. The largest absolute Gasteiger partial charge is 0.481 e. The van der Waals surface area contributed by atoms with Gasteiger partial charge in [-0.25, -0.2) is 0 Å². The number of rotatable bonds is 32. The van der Waals surface area contributed by atoms with Gasteiger partial charge in [-0.15, -0.1) is 0 Å². The van der Waals surface area contributed by atoms with Gasteiger partial charge >= 0.3 is 11.9 Å². The minimum absolute atomic E-state index is 0.111. The molecule has 44 heavy (non-hydrogen) atoms. The molecular weight excluding hydrogens is 560 g/mol. The van der Waals surface area contributed by atoms with Gasteiger partial charge in [0.15, 0.2) is 0 Å². The smallest absolute Gasteiger partial charge is 0.305 e. The first-order valence-electron chi connectivity index (χ1n) is 18.0. The summed E-state index contributed by atoms with van der Waals surface area (Å²) >= 11 is 0. The van der Waals surface area contributed by atoms with Crippen molar-refractivity contribution in [3.63, 3.8) is 0 Å². The number of carbonyl (C=O) groups is 2. The van der Waals surface area contributed by atoms with Crippen LogP contribution < -0.4 is 0 Å². The predicted molar refractivity (Wildman–Crippen MR) is 180 cm³/mol. The number of aliphatic hydroxyl groups excluding tert-OH is 4. The fourth-order valence-corrected chi connectivity index (χ4v) is 4.82. The zero-order chi connectivity index (χ0) is 32.9. The number of hydrogen-bond donors (Lipinski definition) is 5. The van der Waals surface area contributed by atoms with Crippen LogP contribution in [0.3, 0.4) is 0 Å². The SMILES string of the molecule is CCCCCCCC/C=C\CCCCCCCC(=O)OCC(O)CO.O=C(O)CCCCCCCCCCCCC(O)CO. The fourth-order valence-electron chi connectivity index (χ4n) is 4.82. The van der Waals surface area contributed by atoms with Crippen LogP contribution in [0, 0.1) is 0 Å². The van der Waals surface area contributed by atoms with Crippen LogP contribution in [0.4, 0.5) is 0 Å². The van der Waals surface area contributed by atoms with E-state index in [1.807, 2.05) is 0 Å². The summed E-state index contributed by atoms with van der Waals surface area (Å²) in [7, 11) is 0. The second-order valence-electron chi connectivity index (χ2n) is 12.2. The molecule has 0 radical (unpaired) electrons. The molecule has 262 valence electrons. The lowest BCUT2D eigenvalue weighted by molar-refractivity contribution is -0.147. The number of aliphatic hydroxyl groups is 4. The second-order valence-corrected chi connectivity index (χ2v) is 12.2. The van der Waals surface area contributed by atoms with Crippen LogP contribution >= 0.6 is 0 Å². The van der Waals surface area contributed by atoms with Gasteiger partial charge in [0, 0.05) is 12.8 Å². The summed E-state index contributed by atoms with van der Waals surface area (Å²) in [6.45, 7) is 1.65. The Kier molecular flexibility index (Phi) is 38.3. The average Bonchev–Trinajstić information content (AvgIpc) is 3.02. The number of ether oxygens (including phenoxy) is 1. The van der Waals surface area contributed by atoms with Gasteiger partial charge in [-0.05, 0) is 44.9 Å². The molecule has 0 aliphatic carbocycles. The van der Waals surface area contributed by atoms with Gasteiger partial charge in [0.2, 0.25) is 0 Å². The van der Waals surface area contributed by atoms with E-state index in [-0.39, 0.29) is 25.8 Å². The molecule has 0 saturated carbocycles. The summed E-state index contributed by atoms with van der Waals surface area (Å²) < 4.78 is 4.86. The second kappa shape index (κ2) is 37.7. The molecule has 0 aliphatic heterocycles. The Morgan fingerprint density at radius 1 is 0.568 bits per heavy atom. The van der Waals surface area contributed by atoms with E-state index in [0.717, 1.165) is 57.8 Å². The summed E-state index contributed by atoms with van der Waals surface area (Å²) in [4.78, 5) is 21.7. The molecule has 2 unspecified atom stereocenters. The molecule has 0 aliphatic rings. The third kappa shape index (κ3) is 40.5. The number of allylic oxidation sites excluding steroid dienone is 2. The van der Waals surface area contributed by atoms with Crippen molar-refractivity contribution < 1.29 is 39.9 Å². The maximum atomic E-state index is 11.4. The number of hydrogen-bond acceptors (Lipinski definition) is 7. The molecule has 2 atom stereocenters. The number of carboxylic acid groups (broad SMARTS) is 1. The molecule has 0 fully saturated rings. The van der Waals surface area contributed by atoms with Crippen molar-refractivity contribution in [3.8, 4) is 0 Å². The molecule has 0 aromatic rings. The third-order valence-corrected chi connectivity index (χ3v) is 7.68. The lowest BCUT2D eigenvalue weighted by Gasteiger charge is -2.08. The first kappa shape index (κ1) is 44.6. The van der Waals surface area contributed by atoms with Crippen LogP contribution in [0.5, 0.6) is 0 Å². The quantitative estimate of drug-likeness (QED) is 0.0285. The van der Waals surface area contributed by atoms with Crippen LogP contribution in [-0.2, 0) is 14.3 Å². The number of esters is 1. The molecule has 0 amide bonds. The van der Waals surface area contributed by atoms with Crippen LogP contribution in [0.2, 0.25) is 0 Å². The van der Waals surface area contributed by atoms with E-state index in [9.17, 15) is 9.59 Å². The highest BCUT2D eigenvalue weighted by Gasteiger charge is 2.07. The Bertz CT molecular complexity index is 625. The van der Waals surface area contributed by atoms with Gasteiger partial charge in [-0.1, -0.05) is 128 Å². The first-order chi connectivity index (χ1) is 21.4. The van der Waals surface area contributed by atoms with Crippen LogP contribution in [0.1, 0.15) is 174 Å². The van der Waals surface area contributed by atoms with Crippen LogP contribution in [0.25, 0.3) is 0 Å². The number of carboxylic acids is 1. The Morgan fingerprint density at radius 3 is 1.43 bits per heavy atom. The highest BCUT2D eigenvalue weighted by molar-refractivity contribution is 5.69. The minimum Gasteiger partial charge on any atom is -0.481 e. The molecule has 8 heteroatoms. The maximum Gasteiger partial charge on any atom is 0.305 e. The average molecular weight is 631 g/mol. The Labute approximate surface area is 269 Å². The van der Waals surface area contributed by atoms with Crippen LogP contribution in [0.15, 0.2) is 12.2 Å². The van der Waals surface area contributed by atoms with E-state index in [4.69, 9.17) is 30.3 Å². The molecule has 0 rings (SSSR count). The van der Waals surface area contributed by atoms with Gasteiger partial charge in [0.25, 0.3) is 0 Å². The van der Waals surface area contributed by atoms with Gasteiger partial charge in [-0.2, -0.15) is 0 Å². The minimum atomic E-state index is -0.960. The Balaban J connectivity index is 0. The molecule has 5 N–H and O–H groups in total. The highest BCUT2D eigenvalue weighted by Crippen LogP contribution is 2.13. The topological polar surface area (TPSA) is 145 Å². The molecular formula is C36H70O8. The van der Waals surface area contributed by atoms with Crippen molar-refractivity contribution >= 4 is 11.9 Å². The Hall–Kier alpha value is -1.48. The van der Waals surface area contributed by atoms with Crippen molar-refractivity contribution in [1.82, 2.24) is 0 Å². The summed E-state index contributed by atoms with van der Waals surface area (Å²) in [5.41, 5.74) is 0. The lowest BCUT2D eigenvalue weighted by atomic mass is 10.0. The number of aliphatic carboxylic acids is 1. The summed E-state index contributed by atoms with van der Waals surface area (Å²) in [6, 6.07) is 0. The van der Waals surface area contributed by atoms with E-state index in [0.29, 0.717) is 19.3 Å². The van der Waals surface area contributed by atoms with Crippen molar-refractivity contribution in [1.29, 1.82) is 0 Å². The molecule has 0 bridgehead atoms. The summed E-state index contributed by atoms with van der Waals surface area (Å²) in [6.07, 6.45) is 31.8. The van der Waals surface area contributed by atoms with E-state index in [1.165, 1.54) is 89.9 Å². The number of unbranched alkanes of at least 4 members (excludes halogenated alkanes) is 20. The third-order valence-electron chi connectivity index (χ3n) is 7.68. The van der Waals surface area contributed by atoms with Gasteiger partial charge < -0.3 is 30.3 Å². The molecule has 0 heterocycles. The zero-order valence-corrected chi connectivity index (χ0v) is 28.3. The maximum absolute atomic E-state index is 11.4. The predicted octanol–water partition coefficient (Wildman–Crippen LogP) is 8.03. The van der Waals surface area contributed by atoms with Crippen LogP contribution in [-0.4, -0.2) is 69.5 Å². The summed E-state index contributed by atoms with van der Waals surface area (Å²) in [5, 5.41) is 44.0. The van der Waals surface area contributed by atoms with Crippen molar-refractivity contribution in [2.45, 2.75) is 186 Å². The van der Waals surface area contributed by atoms with Crippen molar-refractivity contribution in [2.24, 2.45) is 0 Å². The van der Waals surface area contributed by atoms with E-state index < -0.39 is 18.2 Å².